The van der Waals surface area contributed by atoms with Gasteiger partial charge in [0.2, 0.25) is 0 Å². The number of benzene rings is 1. The number of hydrogen-bond acceptors (Lipinski definition) is 2. The molecule has 4 heteroatoms. The Labute approximate surface area is 107 Å². The van der Waals surface area contributed by atoms with Crippen LogP contribution in [-0.4, -0.2) is 6.04 Å². The van der Waals surface area contributed by atoms with Crippen molar-refractivity contribution in [3.05, 3.63) is 33.5 Å². The Morgan fingerprint density at radius 2 is 2.25 bits per heavy atom. The minimum absolute atomic E-state index is 0.655. The summed E-state index contributed by atoms with van der Waals surface area (Å²) >= 11 is 9.55. The number of nitrogens with one attached hydrogen (secondary N) is 1. The van der Waals surface area contributed by atoms with Gasteiger partial charge in [0.15, 0.2) is 5.58 Å². The van der Waals surface area contributed by atoms with E-state index in [0.717, 1.165) is 22.0 Å². The molecule has 0 radical (unpaired) electrons. The zero-order valence-electron chi connectivity index (χ0n) is 8.59. The first kappa shape index (κ1) is 10.6. The standard InChI is InChI=1S/C12H11BrClNO/c13-8-3-10-7(5-15-9-1-2-9)6-16-12(10)11(14)4-8/h3-4,6,9,15H,1-2,5H2. The minimum Gasteiger partial charge on any atom is -0.462 e. The second kappa shape index (κ2) is 4.06. The van der Waals surface area contributed by atoms with Gasteiger partial charge >= 0.3 is 0 Å². The second-order valence-corrected chi connectivity index (χ2v) is 5.50. The van der Waals surface area contributed by atoms with Gasteiger partial charge < -0.3 is 9.73 Å². The van der Waals surface area contributed by atoms with Crippen LogP contribution in [0.25, 0.3) is 11.0 Å². The molecule has 2 nitrogen and oxygen atoms in total. The maximum Gasteiger partial charge on any atom is 0.152 e. The number of halogens is 2. The quantitative estimate of drug-likeness (QED) is 0.923. The first-order valence-corrected chi connectivity index (χ1v) is 6.49. The fourth-order valence-corrected chi connectivity index (χ4v) is 2.64. The molecule has 1 aliphatic carbocycles. The summed E-state index contributed by atoms with van der Waals surface area (Å²) < 4.78 is 6.48. The molecule has 2 aromatic rings. The van der Waals surface area contributed by atoms with Crippen LogP contribution in [0.5, 0.6) is 0 Å². The van der Waals surface area contributed by atoms with Crippen molar-refractivity contribution in [1.29, 1.82) is 0 Å². The molecule has 16 heavy (non-hydrogen) atoms. The Balaban J connectivity index is 1.97. The van der Waals surface area contributed by atoms with E-state index in [4.69, 9.17) is 16.0 Å². The molecule has 0 aliphatic heterocycles. The van der Waals surface area contributed by atoms with Crippen molar-refractivity contribution < 1.29 is 4.42 Å². The van der Waals surface area contributed by atoms with E-state index in [1.165, 1.54) is 18.4 Å². The maximum atomic E-state index is 6.11. The molecule has 0 bridgehead atoms. The first-order valence-electron chi connectivity index (χ1n) is 5.32. The fourth-order valence-electron chi connectivity index (χ4n) is 1.79. The lowest BCUT2D eigenvalue weighted by Gasteiger charge is -2.00. The van der Waals surface area contributed by atoms with Gasteiger partial charge in [0.25, 0.3) is 0 Å². The molecule has 0 unspecified atom stereocenters. The van der Waals surface area contributed by atoms with Crippen molar-refractivity contribution in [2.75, 3.05) is 0 Å². The van der Waals surface area contributed by atoms with Crippen LogP contribution in [0.3, 0.4) is 0 Å². The summed E-state index contributed by atoms with van der Waals surface area (Å²) in [6, 6.07) is 4.60. The molecule has 1 aliphatic rings. The van der Waals surface area contributed by atoms with E-state index in [-0.39, 0.29) is 0 Å². The van der Waals surface area contributed by atoms with Crippen molar-refractivity contribution in [3.8, 4) is 0 Å². The van der Waals surface area contributed by atoms with Gasteiger partial charge in [-0.15, -0.1) is 0 Å². The average molecular weight is 301 g/mol. The van der Waals surface area contributed by atoms with E-state index in [1.54, 1.807) is 6.26 Å². The van der Waals surface area contributed by atoms with Gasteiger partial charge in [-0.2, -0.15) is 0 Å². The number of fused-ring (bicyclic) bond motifs is 1. The average Bonchev–Trinajstić information content (AvgIpc) is 2.97. The lowest BCUT2D eigenvalue weighted by atomic mass is 10.2. The van der Waals surface area contributed by atoms with Gasteiger partial charge in [-0.1, -0.05) is 27.5 Å². The van der Waals surface area contributed by atoms with Crippen LogP contribution in [0.4, 0.5) is 0 Å². The van der Waals surface area contributed by atoms with Crippen molar-refractivity contribution >= 4 is 38.5 Å². The van der Waals surface area contributed by atoms with Gasteiger partial charge in [0.05, 0.1) is 11.3 Å². The van der Waals surface area contributed by atoms with E-state index in [0.29, 0.717) is 11.1 Å². The molecule has 0 atom stereocenters. The van der Waals surface area contributed by atoms with Crippen molar-refractivity contribution in [1.82, 2.24) is 5.32 Å². The van der Waals surface area contributed by atoms with Crippen LogP contribution in [0, 0.1) is 0 Å². The van der Waals surface area contributed by atoms with E-state index >= 15 is 0 Å². The van der Waals surface area contributed by atoms with Crippen LogP contribution in [0.1, 0.15) is 18.4 Å². The molecule has 84 valence electrons. The molecule has 0 spiro atoms. The zero-order valence-corrected chi connectivity index (χ0v) is 10.9. The zero-order chi connectivity index (χ0) is 11.1. The van der Waals surface area contributed by atoms with E-state index in [9.17, 15) is 0 Å². The number of rotatable bonds is 3. The van der Waals surface area contributed by atoms with E-state index in [1.807, 2.05) is 6.07 Å². The first-order chi connectivity index (χ1) is 7.74. The molecule has 0 saturated heterocycles. The highest BCUT2D eigenvalue weighted by molar-refractivity contribution is 9.10. The number of hydrogen-bond donors (Lipinski definition) is 1. The van der Waals surface area contributed by atoms with E-state index in [2.05, 4.69) is 27.3 Å². The molecule has 1 aromatic heterocycles. The Bertz CT molecular complexity index is 533. The van der Waals surface area contributed by atoms with Gasteiger partial charge in [-0.3, -0.25) is 0 Å². The van der Waals surface area contributed by atoms with Gasteiger partial charge in [-0.05, 0) is 25.0 Å². The third kappa shape index (κ3) is 1.99. The molecule has 1 heterocycles. The third-order valence-electron chi connectivity index (χ3n) is 2.83. The Hall–Kier alpha value is -0.510. The van der Waals surface area contributed by atoms with Crippen molar-refractivity contribution in [2.45, 2.75) is 25.4 Å². The largest absolute Gasteiger partial charge is 0.462 e. The highest BCUT2D eigenvalue weighted by Crippen LogP contribution is 2.32. The van der Waals surface area contributed by atoms with E-state index < -0.39 is 0 Å². The molecule has 1 aromatic carbocycles. The topological polar surface area (TPSA) is 25.2 Å². The van der Waals surface area contributed by atoms with Crippen LogP contribution >= 0.6 is 27.5 Å². The lowest BCUT2D eigenvalue weighted by Crippen LogP contribution is -2.14. The summed E-state index contributed by atoms with van der Waals surface area (Å²) in [6.45, 7) is 0.852. The van der Waals surface area contributed by atoms with Gasteiger partial charge in [0.1, 0.15) is 0 Å². The fraction of sp³-hybridized carbons (Fsp3) is 0.333. The predicted octanol–water partition coefficient (Wildman–Crippen LogP) is 4.10. The molecule has 1 N–H and O–H groups in total. The Kier molecular flexibility index (Phi) is 2.70. The molecule has 3 rings (SSSR count). The smallest absolute Gasteiger partial charge is 0.152 e. The van der Waals surface area contributed by atoms with Crippen LogP contribution in [0.15, 0.2) is 27.3 Å². The predicted molar refractivity (Wildman–Crippen MR) is 68.8 cm³/mol. The lowest BCUT2D eigenvalue weighted by molar-refractivity contribution is 0.601. The minimum atomic E-state index is 0.655. The third-order valence-corrected chi connectivity index (χ3v) is 3.57. The van der Waals surface area contributed by atoms with Gasteiger partial charge in [0, 0.05) is 28.0 Å². The molecule has 1 fully saturated rings. The Morgan fingerprint density at radius 1 is 1.44 bits per heavy atom. The Morgan fingerprint density at radius 3 is 3.00 bits per heavy atom. The van der Waals surface area contributed by atoms with Crippen LogP contribution in [-0.2, 0) is 6.54 Å². The normalized spacial score (nSPS) is 15.9. The summed E-state index contributed by atoms with van der Waals surface area (Å²) in [5.74, 6) is 0. The molecule has 0 amide bonds. The SMILES string of the molecule is Clc1cc(Br)cc2c(CNC3CC3)coc12. The van der Waals surface area contributed by atoms with Crippen LogP contribution in [0.2, 0.25) is 5.02 Å². The second-order valence-electron chi connectivity index (χ2n) is 4.18. The summed E-state index contributed by atoms with van der Waals surface area (Å²) in [5.41, 5.74) is 1.95. The van der Waals surface area contributed by atoms with Crippen LogP contribution < -0.4 is 5.32 Å². The summed E-state index contributed by atoms with van der Waals surface area (Å²) in [7, 11) is 0. The summed E-state index contributed by atoms with van der Waals surface area (Å²) in [4.78, 5) is 0. The monoisotopic (exact) mass is 299 g/mol. The summed E-state index contributed by atoms with van der Waals surface area (Å²) in [5, 5.41) is 5.22. The highest BCUT2D eigenvalue weighted by Gasteiger charge is 2.21. The maximum absolute atomic E-state index is 6.11. The van der Waals surface area contributed by atoms with Crippen molar-refractivity contribution in [2.24, 2.45) is 0 Å². The molecular formula is C12H11BrClNO. The highest BCUT2D eigenvalue weighted by atomic mass is 79.9. The number of furan rings is 1. The summed E-state index contributed by atoms with van der Waals surface area (Å²) in [6.07, 6.45) is 4.37. The van der Waals surface area contributed by atoms with Gasteiger partial charge in [-0.25, -0.2) is 0 Å². The van der Waals surface area contributed by atoms with Crippen molar-refractivity contribution in [3.63, 3.8) is 0 Å². The molecular weight excluding hydrogens is 289 g/mol. The molecule has 1 saturated carbocycles.